The van der Waals surface area contributed by atoms with Crippen LogP contribution in [0.25, 0.3) is 0 Å². The summed E-state index contributed by atoms with van der Waals surface area (Å²) in [5.74, 6) is -25.5. The third-order valence-electron chi connectivity index (χ3n) is 10.9. The Bertz CT molecular complexity index is 2390. The smallest absolute Gasteiger partial charge is 0.301 e. The third kappa shape index (κ3) is 5.08. The van der Waals surface area contributed by atoms with Crippen molar-refractivity contribution in [1.82, 2.24) is 0 Å². The van der Waals surface area contributed by atoms with Gasteiger partial charge in [-0.1, -0.05) is 23.8 Å². The molecule has 0 aromatic heterocycles. The van der Waals surface area contributed by atoms with Gasteiger partial charge in [-0.15, -0.1) is 23.2 Å². The van der Waals surface area contributed by atoms with E-state index >= 15 is 8.78 Å². The molecule has 298 valence electrons. The zero-order valence-corrected chi connectivity index (χ0v) is 30.7. The summed E-state index contributed by atoms with van der Waals surface area (Å²) in [6.45, 7) is 0. The normalized spacial score (nSPS) is 26.6. The van der Waals surface area contributed by atoms with Crippen LogP contribution in [0.4, 0.5) is 50.4 Å². The SMILES string of the molecule is COc1cccc(C2C3=CCC4C(=O)N(c5cc([N+](=O)[O-])c(N(C)C)c([N+](=O)[O-])c5)C(=O)C4C3CC3(Cl)C(=O)N(c4c(F)c(F)c(F)c(F)c4F)C(=O)C23Cl)c1O. The number of para-hydroxylation sites is 1. The van der Waals surface area contributed by atoms with Crippen LogP contribution in [-0.2, 0) is 19.2 Å². The van der Waals surface area contributed by atoms with Crippen LogP contribution in [0.2, 0.25) is 0 Å². The van der Waals surface area contributed by atoms with E-state index in [4.69, 9.17) is 27.9 Å². The summed E-state index contributed by atoms with van der Waals surface area (Å²) >= 11 is 14.2. The number of imide groups is 2. The molecule has 22 heteroatoms. The number of rotatable bonds is 7. The lowest BCUT2D eigenvalue weighted by molar-refractivity contribution is -0.392. The van der Waals surface area contributed by atoms with Crippen molar-refractivity contribution in [2.24, 2.45) is 17.8 Å². The highest BCUT2D eigenvalue weighted by atomic mass is 35.5. The number of ether oxygens (including phenoxy) is 1. The number of aromatic hydroxyl groups is 1. The summed E-state index contributed by atoms with van der Waals surface area (Å²) in [5.41, 5.74) is -4.99. The molecular weight excluding hydrogens is 816 g/mol. The van der Waals surface area contributed by atoms with Crippen LogP contribution in [0.3, 0.4) is 0 Å². The lowest BCUT2D eigenvalue weighted by atomic mass is 9.56. The maximum Gasteiger partial charge on any atom is 0.301 e. The minimum Gasteiger partial charge on any atom is -0.504 e. The molecule has 1 N–H and O–H groups in total. The van der Waals surface area contributed by atoms with Crippen molar-refractivity contribution in [2.45, 2.75) is 28.5 Å². The van der Waals surface area contributed by atoms with E-state index < -0.39 is 137 Å². The van der Waals surface area contributed by atoms with Gasteiger partial charge in [-0.05, 0) is 24.8 Å². The number of phenolic OH excluding ortho intramolecular Hbond substituents is 1. The number of halogens is 7. The minimum atomic E-state index is -2.94. The quantitative estimate of drug-likeness (QED) is 0.0445. The Morgan fingerprint density at radius 1 is 0.860 bits per heavy atom. The van der Waals surface area contributed by atoms with Gasteiger partial charge in [0.1, 0.15) is 5.69 Å². The Hall–Kier alpha value is -5.89. The number of nitrogens with zero attached hydrogens (tertiary/aromatic N) is 5. The van der Waals surface area contributed by atoms with Crippen molar-refractivity contribution >= 4 is 75.3 Å². The van der Waals surface area contributed by atoms with Crippen molar-refractivity contribution in [1.29, 1.82) is 0 Å². The Kier molecular flexibility index (Phi) is 9.03. The Morgan fingerprint density at radius 2 is 1.42 bits per heavy atom. The molecule has 2 saturated heterocycles. The standard InChI is InChI=1S/C35H24Cl2F5N5O10/c1-43(2)27-17(46(53)54)9-12(10-18(27)47(55)56)44-30(49)14-8-7-13-16(20(14)31(44)50)11-34(36)32(51)45(28-25(41)23(39)22(38)24(40)26(28)42)33(52)35(34,37)21(13)15-5-4-6-19(57-3)29(15)48/h4-7,9-10,14,16,20-21,48H,8,11H2,1-3H3. The maximum atomic E-state index is 15.3. The summed E-state index contributed by atoms with van der Waals surface area (Å²) in [4.78, 5) is 75.1. The van der Waals surface area contributed by atoms with E-state index in [1.807, 2.05) is 0 Å². The molecule has 0 bridgehead atoms. The first-order valence-corrected chi connectivity index (χ1v) is 17.3. The van der Waals surface area contributed by atoms with Crippen LogP contribution in [-0.4, -0.2) is 69.5 Å². The number of nitro benzene ring substituents is 2. The molecular formula is C35H24Cl2F5N5O10. The molecule has 6 unspecified atom stereocenters. The van der Waals surface area contributed by atoms with Gasteiger partial charge in [0, 0.05) is 37.7 Å². The fourth-order valence-electron chi connectivity index (χ4n) is 8.56. The van der Waals surface area contributed by atoms with Gasteiger partial charge >= 0.3 is 11.4 Å². The number of nitro groups is 2. The summed E-state index contributed by atoms with van der Waals surface area (Å²) in [6, 6.07) is 5.37. The molecule has 3 aromatic carbocycles. The fourth-order valence-corrected chi connectivity index (χ4v) is 9.49. The Balaban J connectivity index is 1.43. The van der Waals surface area contributed by atoms with Gasteiger partial charge < -0.3 is 14.7 Å². The second kappa shape index (κ2) is 13.1. The van der Waals surface area contributed by atoms with E-state index in [1.54, 1.807) is 0 Å². The number of allylic oxidation sites excluding steroid dienone is 2. The number of amides is 4. The van der Waals surface area contributed by atoms with Crippen LogP contribution in [0, 0.1) is 67.1 Å². The van der Waals surface area contributed by atoms with Gasteiger partial charge in [0.25, 0.3) is 11.8 Å². The number of carbonyl (C=O) groups excluding carboxylic acids is 4. The van der Waals surface area contributed by atoms with E-state index in [0.29, 0.717) is 4.90 Å². The average molecular weight is 840 g/mol. The van der Waals surface area contributed by atoms with Crippen LogP contribution in [0.15, 0.2) is 42.0 Å². The first kappa shape index (κ1) is 39.3. The predicted octanol–water partition coefficient (Wildman–Crippen LogP) is 5.75. The van der Waals surface area contributed by atoms with Crippen molar-refractivity contribution < 1.29 is 60.8 Å². The van der Waals surface area contributed by atoms with Gasteiger partial charge in [0.15, 0.2) is 50.2 Å². The number of benzene rings is 3. The number of anilines is 3. The number of fused-ring (bicyclic) bond motifs is 4. The largest absolute Gasteiger partial charge is 0.504 e. The van der Waals surface area contributed by atoms with Crippen LogP contribution in [0.1, 0.15) is 24.3 Å². The molecule has 4 amide bonds. The Labute approximate surface area is 326 Å². The number of hydrogen-bond donors (Lipinski definition) is 1. The van der Waals surface area contributed by atoms with Crippen molar-refractivity contribution in [3.05, 3.63) is 96.9 Å². The van der Waals surface area contributed by atoms with E-state index in [1.165, 1.54) is 38.4 Å². The second-order valence-corrected chi connectivity index (χ2v) is 15.1. The summed E-state index contributed by atoms with van der Waals surface area (Å²) < 4.78 is 78.9. The van der Waals surface area contributed by atoms with Gasteiger partial charge in [-0.3, -0.25) is 39.4 Å². The van der Waals surface area contributed by atoms with Crippen LogP contribution >= 0.6 is 23.2 Å². The van der Waals surface area contributed by atoms with E-state index in [2.05, 4.69) is 0 Å². The van der Waals surface area contributed by atoms with E-state index in [9.17, 15) is 57.7 Å². The monoisotopic (exact) mass is 839 g/mol. The molecule has 0 spiro atoms. The predicted molar refractivity (Wildman–Crippen MR) is 188 cm³/mol. The number of methoxy groups -OCH3 is 1. The lowest BCUT2D eigenvalue weighted by Gasteiger charge is -2.50. The first-order valence-electron chi connectivity index (χ1n) is 16.5. The maximum absolute atomic E-state index is 15.3. The summed E-state index contributed by atoms with van der Waals surface area (Å²) in [7, 11) is 3.74. The van der Waals surface area contributed by atoms with Crippen LogP contribution < -0.4 is 19.4 Å². The lowest BCUT2D eigenvalue weighted by Crippen LogP contribution is -2.60. The summed E-state index contributed by atoms with van der Waals surface area (Å²) in [5, 5.41) is 35.6. The van der Waals surface area contributed by atoms with Crippen LogP contribution in [0.5, 0.6) is 11.5 Å². The number of hydrogen-bond acceptors (Lipinski definition) is 11. The number of carbonyl (C=O) groups is 4. The highest BCUT2D eigenvalue weighted by molar-refractivity contribution is 6.58. The summed E-state index contributed by atoms with van der Waals surface area (Å²) in [6.07, 6.45) is 0.129. The highest BCUT2D eigenvalue weighted by Crippen LogP contribution is 2.67. The molecule has 2 aliphatic carbocycles. The molecule has 0 radical (unpaired) electrons. The molecule has 3 aromatic rings. The van der Waals surface area contributed by atoms with Crippen molar-refractivity contribution in [2.75, 3.05) is 35.9 Å². The Morgan fingerprint density at radius 3 is 1.95 bits per heavy atom. The number of alkyl halides is 2. The molecule has 4 aliphatic rings. The van der Waals surface area contributed by atoms with Gasteiger partial charge in [-0.2, -0.15) is 0 Å². The second-order valence-electron chi connectivity index (χ2n) is 13.8. The van der Waals surface area contributed by atoms with Crippen molar-refractivity contribution in [3.8, 4) is 11.5 Å². The van der Waals surface area contributed by atoms with E-state index in [-0.39, 0.29) is 28.2 Å². The first-order chi connectivity index (χ1) is 26.7. The molecule has 57 heavy (non-hydrogen) atoms. The molecule has 7 rings (SSSR count). The zero-order chi connectivity index (χ0) is 42.0. The topological polar surface area (TPSA) is 194 Å². The van der Waals surface area contributed by atoms with E-state index in [0.717, 1.165) is 24.1 Å². The highest BCUT2D eigenvalue weighted by Gasteiger charge is 2.77. The van der Waals surface area contributed by atoms with Gasteiger partial charge in [0.05, 0.1) is 34.5 Å². The number of phenols is 1. The molecule has 15 nitrogen and oxygen atoms in total. The molecule has 3 fully saturated rings. The fraction of sp³-hybridized carbons (Fsp3) is 0.314. The molecule has 2 heterocycles. The van der Waals surface area contributed by atoms with Crippen molar-refractivity contribution in [3.63, 3.8) is 0 Å². The molecule has 2 aliphatic heterocycles. The molecule has 1 saturated carbocycles. The molecule has 6 atom stereocenters. The van der Waals surface area contributed by atoms with Gasteiger partial charge in [-0.25, -0.2) is 31.8 Å². The minimum absolute atomic E-state index is 0.0191. The third-order valence-corrected chi connectivity index (χ3v) is 12.3. The van der Waals surface area contributed by atoms with Gasteiger partial charge in [0.2, 0.25) is 17.6 Å². The average Bonchev–Trinajstić information content (AvgIpc) is 3.50. The zero-order valence-electron chi connectivity index (χ0n) is 29.2.